The molecule has 1 aliphatic rings. The first-order valence-electron chi connectivity index (χ1n) is 11.4. The number of anilines is 2. The third-order valence-corrected chi connectivity index (χ3v) is 8.58. The Morgan fingerprint density at radius 3 is 2.45 bits per heavy atom. The van der Waals surface area contributed by atoms with Crippen LogP contribution in [0.15, 0.2) is 40.6 Å². The molecular weight excluding hydrogens is 460 g/mol. The smallest absolute Gasteiger partial charge is 0.261 e. The van der Waals surface area contributed by atoms with Crippen molar-refractivity contribution in [2.24, 2.45) is 0 Å². The lowest BCUT2D eigenvalue weighted by molar-refractivity contribution is -0.116. The number of piperidine rings is 1. The lowest BCUT2D eigenvalue weighted by Crippen LogP contribution is -2.32. The van der Waals surface area contributed by atoms with Crippen LogP contribution in [-0.2, 0) is 14.8 Å². The van der Waals surface area contributed by atoms with E-state index in [1.54, 1.807) is 44.2 Å². The van der Waals surface area contributed by atoms with E-state index in [2.05, 4.69) is 15.5 Å². The second-order valence-corrected chi connectivity index (χ2v) is 10.7. The van der Waals surface area contributed by atoms with Crippen molar-refractivity contribution >= 4 is 44.5 Å². The number of hydrogen-bond donors (Lipinski definition) is 2. The molecule has 0 radical (unpaired) electrons. The molecule has 0 spiro atoms. The largest absolute Gasteiger partial charge is 0.370 e. The Morgan fingerprint density at radius 2 is 1.82 bits per heavy atom. The molecule has 3 rings (SSSR count). The molecule has 2 aromatic rings. The van der Waals surface area contributed by atoms with Crippen LogP contribution in [0.25, 0.3) is 0 Å². The summed E-state index contributed by atoms with van der Waals surface area (Å²) in [5, 5.41) is 7.46. The lowest BCUT2D eigenvalue weighted by Gasteiger charge is -2.31. The number of sulfonamides is 1. The fourth-order valence-corrected chi connectivity index (χ4v) is 6.02. The number of benzene rings is 1. The summed E-state index contributed by atoms with van der Waals surface area (Å²) in [5.74, 6) is -0.490. The zero-order valence-electron chi connectivity index (χ0n) is 19.2. The number of nitrogens with one attached hydrogen (secondary N) is 2. The summed E-state index contributed by atoms with van der Waals surface area (Å²) in [5.41, 5.74) is 1.31. The van der Waals surface area contributed by atoms with Gasteiger partial charge in [-0.25, -0.2) is 8.42 Å². The number of rotatable bonds is 10. The molecule has 8 nitrogen and oxygen atoms in total. The van der Waals surface area contributed by atoms with Crippen molar-refractivity contribution in [3.8, 4) is 0 Å². The molecule has 1 aliphatic heterocycles. The molecule has 2 heterocycles. The van der Waals surface area contributed by atoms with E-state index in [1.165, 1.54) is 15.6 Å². The third kappa shape index (κ3) is 6.33. The maximum atomic E-state index is 13.0. The van der Waals surface area contributed by atoms with Gasteiger partial charge in [-0.15, -0.1) is 11.3 Å². The second kappa shape index (κ2) is 11.6. The highest BCUT2D eigenvalue weighted by Gasteiger charge is 2.24. The fourth-order valence-electron chi connectivity index (χ4n) is 3.90. The summed E-state index contributed by atoms with van der Waals surface area (Å²) in [6.07, 6.45) is 3.36. The first-order valence-corrected chi connectivity index (χ1v) is 13.7. The standard InChI is InChI=1S/C23H32N4O4S2/c1-3-27(4-2)33(30,31)18-10-11-20(26-14-6-5-7-15-26)19(17-18)25-22(28)12-13-24-23(29)21-9-8-16-32-21/h8-11,16-17H,3-7,12-15H2,1-2H3,(H,24,29)(H,25,28). The number of carbonyl (C=O) groups is 2. The number of nitrogens with zero attached hydrogens (tertiary/aromatic N) is 2. The first-order chi connectivity index (χ1) is 15.9. The molecule has 10 heteroatoms. The molecule has 1 saturated heterocycles. The van der Waals surface area contributed by atoms with Gasteiger partial charge in [0.25, 0.3) is 5.91 Å². The van der Waals surface area contributed by atoms with Crippen molar-refractivity contribution < 1.29 is 18.0 Å². The van der Waals surface area contributed by atoms with E-state index in [1.807, 2.05) is 5.38 Å². The molecule has 2 N–H and O–H groups in total. The Kier molecular flexibility index (Phi) is 8.87. The van der Waals surface area contributed by atoms with Crippen molar-refractivity contribution in [1.29, 1.82) is 0 Å². The average Bonchev–Trinajstić information content (AvgIpc) is 3.35. The van der Waals surface area contributed by atoms with Gasteiger partial charge in [0, 0.05) is 39.1 Å². The van der Waals surface area contributed by atoms with Crippen LogP contribution in [0.2, 0.25) is 0 Å². The van der Waals surface area contributed by atoms with Crippen LogP contribution < -0.4 is 15.5 Å². The van der Waals surface area contributed by atoms with Crippen LogP contribution in [0.5, 0.6) is 0 Å². The van der Waals surface area contributed by atoms with Crippen molar-refractivity contribution in [3.63, 3.8) is 0 Å². The zero-order chi connectivity index (χ0) is 23.8. The van der Waals surface area contributed by atoms with Crippen LogP contribution >= 0.6 is 11.3 Å². The molecule has 1 fully saturated rings. The quantitative estimate of drug-likeness (QED) is 0.529. The van der Waals surface area contributed by atoms with Gasteiger partial charge in [-0.3, -0.25) is 9.59 Å². The molecule has 0 bridgehead atoms. The van der Waals surface area contributed by atoms with Gasteiger partial charge in [-0.05, 0) is 48.9 Å². The summed E-state index contributed by atoms with van der Waals surface area (Å²) >= 11 is 1.34. The van der Waals surface area contributed by atoms with E-state index in [-0.39, 0.29) is 29.7 Å². The maximum Gasteiger partial charge on any atom is 0.261 e. The predicted octanol–water partition coefficient (Wildman–Crippen LogP) is 3.53. The maximum absolute atomic E-state index is 13.0. The van der Waals surface area contributed by atoms with Gasteiger partial charge in [0.2, 0.25) is 15.9 Å². The summed E-state index contributed by atoms with van der Waals surface area (Å²) in [7, 11) is -3.65. The van der Waals surface area contributed by atoms with Gasteiger partial charge >= 0.3 is 0 Å². The number of hydrogen-bond acceptors (Lipinski definition) is 6. The zero-order valence-corrected chi connectivity index (χ0v) is 20.8. The third-order valence-electron chi connectivity index (χ3n) is 5.66. The Labute approximate surface area is 200 Å². The number of amides is 2. The summed E-state index contributed by atoms with van der Waals surface area (Å²) in [6, 6.07) is 8.49. The van der Waals surface area contributed by atoms with E-state index >= 15 is 0 Å². The van der Waals surface area contributed by atoms with Crippen LogP contribution in [0.1, 0.15) is 49.2 Å². The molecule has 0 atom stereocenters. The number of carbonyl (C=O) groups excluding carboxylic acids is 2. The minimum atomic E-state index is -3.65. The van der Waals surface area contributed by atoms with E-state index < -0.39 is 10.0 Å². The molecule has 1 aromatic heterocycles. The monoisotopic (exact) mass is 492 g/mol. The predicted molar refractivity (Wildman–Crippen MR) is 133 cm³/mol. The molecule has 2 amide bonds. The summed E-state index contributed by atoms with van der Waals surface area (Å²) in [4.78, 5) is 27.7. The molecule has 180 valence electrons. The summed E-state index contributed by atoms with van der Waals surface area (Å²) in [6.45, 7) is 6.27. The highest BCUT2D eigenvalue weighted by Crippen LogP contribution is 2.32. The Balaban J connectivity index is 1.76. The minimum Gasteiger partial charge on any atom is -0.370 e. The van der Waals surface area contributed by atoms with Gasteiger partial charge in [-0.1, -0.05) is 19.9 Å². The van der Waals surface area contributed by atoms with Crippen molar-refractivity contribution in [3.05, 3.63) is 40.6 Å². The van der Waals surface area contributed by atoms with Crippen LogP contribution in [0.4, 0.5) is 11.4 Å². The second-order valence-electron chi connectivity index (χ2n) is 7.85. The Morgan fingerprint density at radius 1 is 1.09 bits per heavy atom. The van der Waals surface area contributed by atoms with E-state index in [4.69, 9.17) is 0 Å². The average molecular weight is 493 g/mol. The van der Waals surface area contributed by atoms with E-state index in [0.717, 1.165) is 38.0 Å². The molecule has 0 unspecified atom stereocenters. The highest BCUT2D eigenvalue weighted by atomic mass is 32.2. The van der Waals surface area contributed by atoms with Crippen LogP contribution in [-0.4, -0.2) is 57.3 Å². The topological polar surface area (TPSA) is 98.8 Å². The fraction of sp³-hybridized carbons (Fsp3) is 0.478. The molecular formula is C23H32N4O4S2. The van der Waals surface area contributed by atoms with E-state index in [0.29, 0.717) is 23.7 Å². The minimum absolute atomic E-state index is 0.0869. The van der Waals surface area contributed by atoms with Crippen LogP contribution in [0, 0.1) is 0 Å². The molecule has 1 aromatic carbocycles. The van der Waals surface area contributed by atoms with E-state index in [9.17, 15) is 18.0 Å². The van der Waals surface area contributed by atoms with Gasteiger partial charge in [-0.2, -0.15) is 4.31 Å². The molecule has 0 aliphatic carbocycles. The van der Waals surface area contributed by atoms with Gasteiger partial charge in [0.1, 0.15) is 0 Å². The van der Waals surface area contributed by atoms with Gasteiger partial charge in [0.05, 0.1) is 21.1 Å². The Bertz CT molecular complexity index is 1040. The van der Waals surface area contributed by atoms with Crippen molar-refractivity contribution in [1.82, 2.24) is 9.62 Å². The SMILES string of the molecule is CCN(CC)S(=O)(=O)c1ccc(N2CCCCC2)c(NC(=O)CCNC(=O)c2cccs2)c1. The van der Waals surface area contributed by atoms with Crippen LogP contribution in [0.3, 0.4) is 0 Å². The Hall–Kier alpha value is -2.43. The first kappa shape index (κ1) is 25.2. The van der Waals surface area contributed by atoms with Crippen molar-refractivity contribution in [2.75, 3.05) is 42.9 Å². The molecule has 0 saturated carbocycles. The highest BCUT2D eigenvalue weighted by molar-refractivity contribution is 7.89. The lowest BCUT2D eigenvalue weighted by atomic mass is 10.1. The van der Waals surface area contributed by atoms with Crippen molar-refractivity contribution in [2.45, 2.75) is 44.4 Å². The van der Waals surface area contributed by atoms with Gasteiger partial charge < -0.3 is 15.5 Å². The molecule has 33 heavy (non-hydrogen) atoms. The summed E-state index contributed by atoms with van der Waals surface area (Å²) < 4.78 is 27.5. The van der Waals surface area contributed by atoms with Gasteiger partial charge in [0.15, 0.2) is 0 Å². The normalized spacial score (nSPS) is 14.3. The number of thiophene rings is 1.